The Kier molecular flexibility index (Phi) is 3.49. The molecule has 22 heavy (non-hydrogen) atoms. The molecule has 122 valence electrons. The number of carbonyl (C=O) groups is 1. The fourth-order valence-corrected chi connectivity index (χ4v) is 5.43. The van der Waals surface area contributed by atoms with Crippen molar-refractivity contribution in [2.75, 3.05) is 0 Å². The van der Waals surface area contributed by atoms with Crippen LogP contribution in [-0.4, -0.2) is 17.0 Å². The largest absolute Gasteiger partial charge is 0.392 e. The number of hydrogen-bond donors (Lipinski definition) is 1. The van der Waals surface area contributed by atoms with Crippen molar-refractivity contribution in [2.45, 2.75) is 65.9 Å². The van der Waals surface area contributed by atoms with Crippen LogP contribution in [-0.2, 0) is 4.79 Å². The topological polar surface area (TPSA) is 37.3 Å². The van der Waals surface area contributed by atoms with Crippen molar-refractivity contribution >= 4 is 5.78 Å². The van der Waals surface area contributed by atoms with Crippen LogP contribution in [0, 0.1) is 28.1 Å². The van der Waals surface area contributed by atoms with Gasteiger partial charge >= 0.3 is 0 Å². The van der Waals surface area contributed by atoms with Crippen molar-refractivity contribution in [1.29, 1.82) is 0 Å². The number of aliphatic hydroxyl groups excluding tert-OH is 1. The molecule has 0 aromatic heterocycles. The van der Waals surface area contributed by atoms with E-state index in [1.165, 1.54) is 12.0 Å². The van der Waals surface area contributed by atoms with Crippen molar-refractivity contribution in [1.82, 2.24) is 0 Å². The van der Waals surface area contributed by atoms with Gasteiger partial charge in [0.2, 0.25) is 0 Å². The molecule has 0 aromatic rings. The molecule has 3 aliphatic carbocycles. The lowest BCUT2D eigenvalue weighted by Gasteiger charge is -2.59. The van der Waals surface area contributed by atoms with E-state index < -0.39 is 6.10 Å². The Morgan fingerprint density at radius 2 is 1.91 bits per heavy atom. The van der Waals surface area contributed by atoms with Gasteiger partial charge in [0.25, 0.3) is 0 Å². The second kappa shape index (κ2) is 4.80. The maximum absolute atomic E-state index is 12.9. The second-order valence-electron chi connectivity index (χ2n) is 9.03. The standard InChI is InChI=1S/C20H30O2/c1-6-19(4)11-15-16(21)10-14-13(8-7-9-18(14,2)3)20(15,5)17(22)12-19/h6,10,13,15,17,22H,1,7-9,11-12H2,2-5H3/t13-,15+,17+,19+,20+/m1/s1. The van der Waals surface area contributed by atoms with Crippen LogP contribution >= 0.6 is 0 Å². The van der Waals surface area contributed by atoms with Crippen LogP contribution in [0.3, 0.4) is 0 Å². The Morgan fingerprint density at radius 3 is 2.55 bits per heavy atom. The number of hydrogen-bond acceptors (Lipinski definition) is 2. The van der Waals surface area contributed by atoms with Crippen molar-refractivity contribution in [3.8, 4) is 0 Å². The summed E-state index contributed by atoms with van der Waals surface area (Å²) in [6.07, 6.45) is 8.44. The predicted molar refractivity (Wildman–Crippen MR) is 89.4 cm³/mol. The van der Waals surface area contributed by atoms with E-state index >= 15 is 0 Å². The molecule has 2 saturated carbocycles. The third kappa shape index (κ3) is 2.06. The zero-order valence-electron chi connectivity index (χ0n) is 14.5. The van der Waals surface area contributed by atoms with Crippen LogP contribution in [0.15, 0.2) is 24.3 Å². The summed E-state index contributed by atoms with van der Waals surface area (Å²) in [5, 5.41) is 11.0. The van der Waals surface area contributed by atoms with Gasteiger partial charge in [-0.2, -0.15) is 0 Å². The van der Waals surface area contributed by atoms with Gasteiger partial charge in [0.05, 0.1) is 6.10 Å². The first-order valence-electron chi connectivity index (χ1n) is 8.72. The smallest absolute Gasteiger partial charge is 0.159 e. The highest BCUT2D eigenvalue weighted by Crippen LogP contribution is 2.62. The van der Waals surface area contributed by atoms with Gasteiger partial charge in [-0.05, 0) is 48.5 Å². The molecule has 0 radical (unpaired) electrons. The maximum atomic E-state index is 12.9. The van der Waals surface area contributed by atoms with Crippen LogP contribution in [0.2, 0.25) is 0 Å². The highest BCUT2D eigenvalue weighted by molar-refractivity contribution is 5.94. The molecule has 5 atom stereocenters. The summed E-state index contributed by atoms with van der Waals surface area (Å²) in [5.74, 6) is 0.515. The average Bonchev–Trinajstić information content (AvgIpc) is 2.43. The molecule has 0 aromatic carbocycles. The van der Waals surface area contributed by atoms with E-state index in [-0.39, 0.29) is 27.9 Å². The predicted octanol–water partition coefficient (Wildman–Crippen LogP) is 4.29. The third-order valence-corrected chi connectivity index (χ3v) is 7.14. The van der Waals surface area contributed by atoms with Gasteiger partial charge in [-0.15, -0.1) is 6.58 Å². The van der Waals surface area contributed by atoms with Crippen LogP contribution < -0.4 is 0 Å². The third-order valence-electron chi connectivity index (χ3n) is 7.14. The minimum absolute atomic E-state index is 0.0677. The molecular weight excluding hydrogens is 272 g/mol. The Hall–Kier alpha value is -0.890. The van der Waals surface area contributed by atoms with E-state index in [0.29, 0.717) is 5.92 Å². The van der Waals surface area contributed by atoms with Gasteiger partial charge in [-0.25, -0.2) is 0 Å². The van der Waals surface area contributed by atoms with Gasteiger partial charge in [-0.3, -0.25) is 4.79 Å². The highest BCUT2D eigenvalue weighted by Gasteiger charge is 2.59. The quantitative estimate of drug-likeness (QED) is 0.734. The van der Waals surface area contributed by atoms with Crippen molar-refractivity contribution in [3.05, 3.63) is 24.3 Å². The lowest BCUT2D eigenvalue weighted by molar-refractivity contribution is -0.148. The highest BCUT2D eigenvalue weighted by atomic mass is 16.3. The first-order valence-corrected chi connectivity index (χ1v) is 8.72. The zero-order valence-corrected chi connectivity index (χ0v) is 14.5. The van der Waals surface area contributed by atoms with Crippen molar-refractivity contribution in [3.63, 3.8) is 0 Å². The lowest BCUT2D eigenvalue weighted by Crippen LogP contribution is -2.58. The second-order valence-corrected chi connectivity index (χ2v) is 9.03. The average molecular weight is 302 g/mol. The van der Waals surface area contributed by atoms with Gasteiger partial charge in [0, 0.05) is 11.3 Å². The van der Waals surface area contributed by atoms with Gasteiger partial charge in [-0.1, -0.05) is 45.8 Å². The van der Waals surface area contributed by atoms with Crippen molar-refractivity contribution < 1.29 is 9.90 Å². The van der Waals surface area contributed by atoms with Crippen LogP contribution in [0.1, 0.15) is 59.8 Å². The minimum Gasteiger partial charge on any atom is -0.392 e. The Morgan fingerprint density at radius 1 is 1.23 bits per heavy atom. The van der Waals surface area contributed by atoms with Gasteiger partial charge in [0.15, 0.2) is 5.78 Å². The Bertz CT molecular complexity index is 544. The van der Waals surface area contributed by atoms with E-state index in [2.05, 4.69) is 34.3 Å². The molecule has 0 bridgehead atoms. The molecular formula is C20H30O2. The summed E-state index contributed by atoms with van der Waals surface area (Å²) in [4.78, 5) is 12.9. The minimum atomic E-state index is -0.430. The molecule has 0 aliphatic heterocycles. The Labute approximate surface area is 134 Å². The number of allylic oxidation sites excluding steroid dienone is 3. The molecule has 0 amide bonds. The fraction of sp³-hybridized carbons (Fsp3) is 0.750. The first kappa shape index (κ1) is 16.0. The summed E-state index contributed by atoms with van der Waals surface area (Å²) in [6.45, 7) is 12.7. The van der Waals surface area contributed by atoms with Crippen LogP contribution in [0.25, 0.3) is 0 Å². The fourth-order valence-electron chi connectivity index (χ4n) is 5.43. The summed E-state index contributed by atoms with van der Waals surface area (Å²) in [6, 6.07) is 0. The van der Waals surface area contributed by atoms with Crippen LogP contribution in [0.4, 0.5) is 0 Å². The van der Waals surface area contributed by atoms with E-state index in [4.69, 9.17) is 0 Å². The molecule has 2 heteroatoms. The number of aliphatic hydroxyl groups is 1. The molecule has 3 aliphatic rings. The molecule has 2 nitrogen and oxygen atoms in total. The molecule has 0 heterocycles. The Balaban J connectivity index is 2.09. The summed E-state index contributed by atoms with van der Waals surface area (Å²) < 4.78 is 0. The normalized spacial score (nSPS) is 47.2. The maximum Gasteiger partial charge on any atom is 0.159 e. The van der Waals surface area contributed by atoms with E-state index in [9.17, 15) is 9.90 Å². The zero-order chi connectivity index (χ0) is 16.3. The summed E-state index contributed by atoms with van der Waals surface area (Å²) in [7, 11) is 0. The molecule has 3 rings (SSSR count). The monoisotopic (exact) mass is 302 g/mol. The number of ketones is 1. The lowest BCUT2D eigenvalue weighted by atomic mass is 9.45. The SMILES string of the molecule is C=C[C@]1(C)C[C@H](O)[C@@]2(C)[C@@H]3CCCC(C)(C)C3=CC(=O)[C@@H]2C1. The molecule has 0 saturated heterocycles. The number of rotatable bonds is 1. The van der Waals surface area contributed by atoms with Crippen molar-refractivity contribution in [2.24, 2.45) is 28.1 Å². The van der Waals surface area contributed by atoms with Gasteiger partial charge in [0.1, 0.15) is 0 Å². The number of carbonyl (C=O) groups excluding carboxylic acids is 1. The van der Waals surface area contributed by atoms with E-state index in [0.717, 1.165) is 25.7 Å². The van der Waals surface area contributed by atoms with Crippen LogP contribution in [0.5, 0.6) is 0 Å². The van der Waals surface area contributed by atoms with E-state index in [1.807, 2.05) is 12.2 Å². The summed E-state index contributed by atoms with van der Waals surface area (Å²) >= 11 is 0. The number of fused-ring (bicyclic) bond motifs is 3. The molecule has 1 N–H and O–H groups in total. The van der Waals surface area contributed by atoms with E-state index in [1.54, 1.807) is 0 Å². The molecule has 0 spiro atoms. The summed E-state index contributed by atoms with van der Waals surface area (Å²) in [5.41, 5.74) is 0.950. The van der Waals surface area contributed by atoms with Gasteiger partial charge < -0.3 is 5.11 Å². The first-order chi connectivity index (χ1) is 10.1. The molecule has 2 fully saturated rings. The molecule has 0 unspecified atom stereocenters.